The zero-order valence-electron chi connectivity index (χ0n) is 15.1. The van der Waals surface area contributed by atoms with Crippen LogP contribution in [0, 0.1) is 5.92 Å². The molecule has 0 saturated carbocycles. The monoisotopic (exact) mass is 358 g/mol. The van der Waals surface area contributed by atoms with Crippen molar-refractivity contribution in [1.82, 2.24) is 0 Å². The Morgan fingerprint density at radius 1 is 1.16 bits per heavy atom. The third kappa shape index (κ3) is 5.66. The first kappa shape index (κ1) is 21.4. The Morgan fingerprint density at radius 2 is 1.80 bits per heavy atom. The molecule has 1 aromatic rings. The summed E-state index contributed by atoms with van der Waals surface area (Å²) in [6.45, 7) is 5.91. The van der Waals surface area contributed by atoms with Crippen molar-refractivity contribution in [3.63, 3.8) is 0 Å². The highest BCUT2D eigenvalue weighted by molar-refractivity contribution is 5.75. The fraction of sp³-hybridized carbons (Fsp3) is 0.632. The van der Waals surface area contributed by atoms with E-state index in [2.05, 4.69) is 6.92 Å². The summed E-state index contributed by atoms with van der Waals surface area (Å²) in [7, 11) is 0. The molecular weight excluding hydrogens is 330 g/mol. The highest BCUT2D eigenvalue weighted by Gasteiger charge is 2.48. The van der Waals surface area contributed by atoms with Crippen LogP contribution in [0.2, 0.25) is 0 Å². The molecule has 1 rings (SSSR count). The molecule has 0 bridgehead atoms. The molecule has 0 saturated heterocycles. The predicted molar refractivity (Wildman–Crippen MR) is 91.8 cm³/mol. The molecule has 4 nitrogen and oxygen atoms in total. The van der Waals surface area contributed by atoms with Crippen molar-refractivity contribution in [2.75, 3.05) is 13.2 Å². The van der Waals surface area contributed by atoms with Gasteiger partial charge in [-0.05, 0) is 37.5 Å². The zero-order valence-corrected chi connectivity index (χ0v) is 15.1. The molecule has 142 valence electrons. The van der Waals surface area contributed by atoms with Crippen molar-refractivity contribution >= 4 is 5.97 Å². The molecule has 2 unspecified atom stereocenters. The Balaban J connectivity index is 3.11. The van der Waals surface area contributed by atoms with Gasteiger partial charge in [-0.1, -0.05) is 38.8 Å². The quantitative estimate of drug-likeness (QED) is 0.473. The summed E-state index contributed by atoms with van der Waals surface area (Å²) in [5.41, 5.74) is -1.73. The van der Waals surface area contributed by atoms with E-state index in [1.165, 1.54) is 12.1 Å². The van der Waals surface area contributed by atoms with E-state index >= 15 is 0 Å². The fourth-order valence-electron chi connectivity index (χ4n) is 2.77. The molecule has 1 N–H and O–H groups in total. The van der Waals surface area contributed by atoms with Gasteiger partial charge in [0.25, 0.3) is 6.43 Å². The number of rotatable bonds is 11. The molecule has 1 aromatic carbocycles. The van der Waals surface area contributed by atoms with Crippen molar-refractivity contribution in [2.45, 2.75) is 58.5 Å². The van der Waals surface area contributed by atoms with Crippen LogP contribution in [0.15, 0.2) is 24.3 Å². The Morgan fingerprint density at radius 3 is 2.28 bits per heavy atom. The second-order valence-electron chi connectivity index (χ2n) is 5.96. The van der Waals surface area contributed by atoms with Gasteiger partial charge in [-0.2, -0.15) is 0 Å². The summed E-state index contributed by atoms with van der Waals surface area (Å²) < 4.78 is 37.5. The minimum Gasteiger partial charge on any atom is -0.494 e. The van der Waals surface area contributed by atoms with Crippen LogP contribution in [0.4, 0.5) is 8.78 Å². The van der Waals surface area contributed by atoms with Crippen LogP contribution in [0.3, 0.4) is 0 Å². The number of unbranched alkanes of at least 4 members (excludes halogenated alkanes) is 1. The lowest BCUT2D eigenvalue weighted by atomic mass is 9.78. The lowest BCUT2D eigenvalue weighted by molar-refractivity contribution is -0.173. The van der Waals surface area contributed by atoms with Crippen molar-refractivity contribution in [3.8, 4) is 5.75 Å². The van der Waals surface area contributed by atoms with E-state index in [0.717, 1.165) is 12.8 Å². The molecule has 0 radical (unpaired) electrons. The number of benzene rings is 1. The van der Waals surface area contributed by atoms with E-state index in [-0.39, 0.29) is 18.6 Å². The van der Waals surface area contributed by atoms with Crippen LogP contribution in [0.1, 0.15) is 52.0 Å². The Hall–Kier alpha value is -1.69. The first-order chi connectivity index (χ1) is 11.9. The number of hydrogen-bond acceptors (Lipinski definition) is 4. The number of ether oxygens (including phenoxy) is 2. The summed E-state index contributed by atoms with van der Waals surface area (Å²) in [5.74, 6) is -2.42. The maximum absolute atomic E-state index is 13.6. The van der Waals surface area contributed by atoms with Crippen molar-refractivity contribution in [3.05, 3.63) is 29.8 Å². The van der Waals surface area contributed by atoms with E-state index in [9.17, 15) is 18.7 Å². The van der Waals surface area contributed by atoms with Crippen LogP contribution < -0.4 is 4.74 Å². The highest BCUT2D eigenvalue weighted by Crippen LogP contribution is 2.39. The van der Waals surface area contributed by atoms with Gasteiger partial charge in [0.2, 0.25) is 0 Å². The number of alkyl halides is 2. The minimum atomic E-state index is -3.03. The van der Waals surface area contributed by atoms with Crippen LogP contribution in [-0.4, -0.2) is 30.7 Å². The molecule has 25 heavy (non-hydrogen) atoms. The Bertz CT molecular complexity index is 519. The molecule has 0 aliphatic heterocycles. The van der Waals surface area contributed by atoms with Crippen molar-refractivity contribution in [2.24, 2.45) is 5.92 Å². The average Bonchev–Trinajstić information content (AvgIpc) is 2.56. The number of esters is 1. The number of hydrogen-bond donors (Lipinski definition) is 1. The molecule has 0 aliphatic carbocycles. The van der Waals surface area contributed by atoms with Crippen LogP contribution in [-0.2, 0) is 15.1 Å². The molecule has 6 heteroatoms. The van der Waals surface area contributed by atoms with E-state index < -0.39 is 23.9 Å². The summed E-state index contributed by atoms with van der Waals surface area (Å²) in [6, 6.07) is 6.32. The first-order valence-corrected chi connectivity index (χ1v) is 8.81. The molecular formula is C19H28F2O4. The topological polar surface area (TPSA) is 55.8 Å². The smallest absolute Gasteiger partial charge is 0.318 e. The number of carbonyl (C=O) groups excluding carboxylic acids is 1. The summed E-state index contributed by atoms with van der Waals surface area (Å²) >= 11 is 0. The van der Waals surface area contributed by atoms with Gasteiger partial charge in [0.1, 0.15) is 11.4 Å². The lowest BCUT2D eigenvalue weighted by Crippen LogP contribution is -2.45. The van der Waals surface area contributed by atoms with Gasteiger partial charge in [0.05, 0.1) is 13.2 Å². The Labute approximate surface area is 148 Å². The lowest BCUT2D eigenvalue weighted by Gasteiger charge is -2.34. The van der Waals surface area contributed by atoms with E-state index in [0.29, 0.717) is 18.8 Å². The normalized spacial score (nSPS) is 14.8. The van der Waals surface area contributed by atoms with Crippen LogP contribution in [0.25, 0.3) is 0 Å². The largest absolute Gasteiger partial charge is 0.494 e. The first-order valence-electron chi connectivity index (χ1n) is 8.81. The van der Waals surface area contributed by atoms with Gasteiger partial charge in [-0.25, -0.2) is 8.78 Å². The molecule has 2 atom stereocenters. The maximum Gasteiger partial charge on any atom is 0.318 e. The molecule has 0 aliphatic rings. The minimum absolute atomic E-state index is 0.0194. The summed E-state index contributed by atoms with van der Waals surface area (Å²) in [5, 5.41) is 11.0. The number of halogens is 2. The second-order valence-corrected chi connectivity index (χ2v) is 5.96. The van der Waals surface area contributed by atoms with E-state index in [4.69, 9.17) is 9.47 Å². The molecule has 0 spiro atoms. The Kier molecular flexibility index (Phi) is 8.83. The SMILES string of the molecule is CCCCOc1ccc(C(O)(CCC)C(C(=O)OCC)C(F)F)cc1. The second kappa shape index (κ2) is 10.3. The van der Waals surface area contributed by atoms with Crippen molar-refractivity contribution in [1.29, 1.82) is 0 Å². The molecule has 0 aromatic heterocycles. The van der Waals surface area contributed by atoms with Crippen LogP contribution in [0.5, 0.6) is 5.75 Å². The van der Waals surface area contributed by atoms with Gasteiger partial charge >= 0.3 is 5.97 Å². The summed E-state index contributed by atoms with van der Waals surface area (Å²) in [4.78, 5) is 12.0. The van der Waals surface area contributed by atoms with E-state index in [1.54, 1.807) is 26.0 Å². The molecule has 0 amide bonds. The fourth-order valence-corrected chi connectivity index (χ4v) is 2.77. The maximum atomic E-state index is 13.6. The van der Waals surface area contributed by atoms with Gasteiger partial charge in [-0.15, -0.1) is 0 Å². The third-order valence-electron chi connectivity index (χ3n) is 4.06. The van der Waals surface area contributed by atoms with Gasteiger partial charge in [0, 0.05) is 0 Å². The molecule has 0 fully saturated rings. The molecule has 0 heterocycles. The van der Waals surface area contributed by atoms with Crippen molar-refractivity contribution < 1.29 is 28.2 Å². The number of carbonyl (C=O) groups is 1. The highest BCUT2D eigenvalue weighted by atomic mass is 19.3. The zero-order chi connectivity index (χ0) is 18.9. The third-order valence-corrected chi connectivity index (χ3v) is 4.06. The van der Waals surface area contributed by atoms with Gasteiger partial charge < -0.3 is 14.6 Å². The number of aliphatic hydroxyl groups is 1. The van der Waals surface area contributed by atoms with Crippen LogP contribution >= 0.6 is 0 Å². The van der Waals surface area contributed by atoms with Gasteiger partial charge in [-0.3, -0.25) is 4.79 Å². The van der Waals surface area contributed by atoms with Gasteiger partial charge in [0.15, 0.2) is 5.92 Å². The van der Waals surface area contributed by atoms with E-state index in [1.807, 2.05) is 0 Å². The predicted octanol–water partition coefficient (Wildman–Crippen LogP) is 4.30. The summed E-state index contributed by atoms with van der Waals surface area (Å²) in [6.07, 6.45) is -0.650. The average molecular weight is 358 g/mol. The standard InChI is InChI=1S/C19H28F2O4/c1-4-7-13-25-15-10-8-14(9-11-15)19(23,12-5-2)16(17(20)21)18(22)24-6-3/h8-11,16-17,23H,4-7,12-13H2,1-3H3.